The second kappa shape index (κ2) is 3.72. The van der Waals surface area contributed by atoms with Crippen LogP contribution in [0, 0.1) is 11.5 Å². The number of amides is 2. The van der Waals surface area contributed by atoms with Gasteiger partial charge in [0.25, 0.3) is 0 Å². The van der Waals surface area contributed by atoms with E-state index in [9.17, 15) is 4.79 Å². The lowest BCUT2D eigenvalue weighted by molar-refractivity contribution is 0.215. The molecule has 0 heterocycles. The predicted octanol–water partition coefficient (Wildman–Crippen LogP) is 0.129. The lowest BCUT2D eigenvalue weighted by atomic mass is 10.6. The van der Waals surface area contributed by atoms with E-state index < -0.39 is 0 Å². The molecule has 4 heteroatoms. The number of hydrogen-bond donors (Lipinski definition) is 1. The second-order valence-electron chi connectivity index (χ2n) is 1.56. The molecule has 0 fully saturated rings. The SMILES string of the molecule is CCN(C)C(=O)NC#N. The molecule has 4 nitrogen and oxygen atoms in total. The van der Waals surface area contributed by atoms with Crippen LogP contribution in [0.5, 0.6) is 0 Å². The number of nitrogens with one attached hydrogen (secondary N) is 1. The Balaban J connectivity index is 3.62. The molecule has 0 aromatic carbocycles. The third kappa shape index (κ3) is 2.54. The molecule has 0 saturated carbocycles. The highest BCUT2D eigenvalue weighted by Crippen LogP contribution is 1.79. The maximum Gasteiger partial charge on any atom is 0.330 e. The van der Waals surface area contributed by atoms with Gasteiger partial charge < -0.3 is 4.90 Å². The van der Waals surface area contributed by atoms with Crippen LogP contribution in [0.1, 0.15) is 6.92 Å². The van der Waals surface area contributed by atoms with Gasteiger partial charge in [-0.25, -0.2) is 10.1 Å². The van der Waals surface area contributed by atoms with Crippen molar-refractivity contribution < 1.29 is 4.79 Å². The van der Waals surface area contributed by atoms with Gasteiger partial charge in [-0.1, -0.05) is 0 Å². The Bertz CT molecular complexity index is 138. The minimum atomic E-state index is -0.361. The molecule has 0 radical (unpaired) electrons. The van der Waals surface area contributed by atoms with Crippen LogP contribution in [0.25, 0.3) is 0 Å². The summed E-state index contributed by atoms with van der Waals surface area (Å²) in [4.78, 5) is 12.0. The molecule has 0 spiro atoms. The fraction of sp³-hybridized carbons (Fsp3) is 0.600. The normalized spacial score (nSPS) is 7.67. The number of hydrogen-bond acceptors (Lipinski definition) is 2. The molecular formula is C5H9N3O. The molecule has 9 heavy (non-hydrogen) atoms. The first-order chi connectivity index (χ1) is 4.22. The van der Waals surface area contributed by atoms with Crippen LogP contribution in [0.3, 0.4) is 0 Å². The van der Waals surface area contributed by atoms with Crippen LogP contribution in [-0.4, -0.2) is 24.5 Å². The zero-order valence-corrected chi connectivity index (χ0v) is 5.51. The molecule has 0 rings (SSSR count). The number of nitrogens with zero attached hydrogens (tertiary/aromatic N) is 2. The molecule has 0 bridgehead atoms. The van der Waals surface area contributed by atoms with E-state index in [2.05, 4.69) is 0 Å². The highest BCUT2D eigenvalue weighted by atomic mass is 16.2. The van der Waals surface area contributed by atoms with Gasteiger partial charge in [-0.05, 0) is 6.92 Å². The van der Waals surface area contributed by atoms with Crippen molar-refractivity contribution in [3.8, 4) is 6.19 Å². The molecule has 0 atom stereocenters. The van der Waals surface area contributed by atoms with Gasteiger partial charge in [0.1, 0.15) is 0 Å². The lowest BCUT2D eigenvalue weighted by Gasteiger charge is -2.10. The Labute approximate surface area is 54.1 Å². The summed E-state index contributed by atoms with van der Waals surface area (Å²) in [6.45, 7) is 2.43. The number of rotatable bonds is 1. The van der Waals surface area contributed by atoms with Gasteiger partial charge in [0, 0.05) is 13.6 Å². The third-order valence-corrected chi connectivity index (χ3v) is 0.984. The minimum Gasteiger partial charge on any atom is -0.327 e. The highest BCUT2D eigenvalue weighted by Gasteiger charge is 2.01. The van der Waals surface area contributed by atoms with Gasteiger partial charge >= 0.3 is 6.03 Å². The average molecular weight is 127 g/mol. The van der Waals surface area contributed by atoms with Gasteiger partial charge in [-0.2, -0.15) is 5.26 Å². The summed E-state index contributed by atoms with van der Waals surface area (Å²) >= 11 is 0. The first-order valence-corrected chi connectivity index (χ1v) is 2.62. The molecule has 0 aromatic rings. The van der Waals surface area contributed by atoms with Gasteiger partial charge in [-0.3, -0.25) is 0 Å². The van der Waals surface area contributed by atoms with Crippen molar-refractivity contribution in [2.45, 2.75) is 6.92 Å². The van der Waals surface area contributed by atoms with E-state index in [1.54, 1.807) is 13.2 Å². The van der Waals surface area contributed by atoms with E-state index in [-0.39, 0.29) is 6.03 Å². The van der Waals surface area contributed by atoms with Crippen molar-refractivity contribution in [1.82, 2.24) is 10.2 Å². The second-order valence-corrected chi connectivity index (χ2v) is 1.56. The third-order valence-electron chi connectivity index (χ3n) is 0.984. The smallest absolute Gasteiger partial charge is 0.327 e. The Hall–Kier alpha value is -1.24. The van der Waals surface area contributed by atoms with E-state index in [0.717, 1.165) is 0 Å². The van der Waals surface area contributed by atoms with Gasteiger partial charge in [0.05, 0.1) is 0 Å². The molecule has 50 valence electrons. The number of carbonyl (C=O) groups is 1. The first kappa shape index (κ1) is 7.76. The van der Waals surface area contributed by atoms with Crippen LogP contribution < -0.4 is 5.32 Å². The lowest BCUT2D eigenvalue weighted by Crippen LogP contribution is -2.34. The summed E-state index contributed by atoms with van der Waals surface area (Å²) in [5, 5.41) is 9.96. The quantitative estimate of drug-likeness (QED) is 0.402. The predicted molar refractivity (Wildman–Crippen MR) is 32.4 cm³/mol. The largest absolute Gasteiger partial charge is 0.330 e. The topological polar surface area (TPSA) is 56.1 Å². The number of nitriles is 1. The van der Waals surface area contributed by atoms with Gasteiger partial charge in [0.2, 0.25) is 0 Å². The molecule has 0 aromatic heterocycles. The maximum absolute atomic E-state index is 10.6. The average Bonchev–Trinajstić information content (AvgIpc) is 1.87. The minimum absolute atomic E-state index is 0.361. The van der Waals surface area contributed by atoms with Crippen molar-refractivity contribution in [1.29, 1.82) is 5.26 Å². The molecule has 0 saturated heterocycles. The fourth-order valence-corrected chi connectivity index (χ4v) is 0.287. The molecule has 1 N–H and O–H groups in total. The molecule has 0 aliphatic rings. The van der Waals surface area contributed by atoms with Crippen molar-refractivity contribution in [3.05, 3.63) is 0 Å². The van der Waals surface area contributed by atoms with E-state index in [1.807, 2.05) is 12.2 Å². The van der Waals surface area contributed by atoms with Crippen molar-refractivity contribution >= 4 is 6.03 Å². The maximum atomic E-state index is 10.6. The Morgan fingerprint density at radius 3 is 2.78 bits per heavy atom. The van der Waals surface area contributed by atoms with E-state index in [1.165, 1.54) is 4.90 Å². The van der Waals surface area contributed by atoms with Crippen LogP contribution >= 0.6 is 0 Å². The zero-order valence-electron chi connectivity index (χ0n) is 5.51. The summed E-state index contributed by atoms with van der Waals surface area (Å²) < 4.78 is 0. The molecule has 0 aliphatic carbocycles. The van der Waals surface area contributed by atoms with Crippen molar-refractivity contribution in [2.24, 2.45) is 0 Å². The summed E-state index contributed by atoms with van der Waals surface area (Å²) in [5.41, 5.74) is 0. The Morgan fingerprint density at radius 1 is 1.89 bits per heavy atom. The molecular weight excluding hydrogens is 118 g/mol. The molecule has 0 unspecified atom stereocenters. The van der Waals surface area contributed by atoms with Gasteiger partial charge in [-0.15, -0.1) is 0 Å². The highest BCUT2D eigenvalue weighted by molar-refractivity contribution is 5.75. The van der Waals surface area contributed by atoms with E-state index >= 15 is 0 Å². The zero-order chi connectivity index (χ0) is 7.28. The summed E-state index contributed by atoms with van der Waals surface area (Å²) in [5.74, 6) is 0. The number of carbonyl (C=O) groups excluding carboxylic acids is 1. The first-order valence-electron chi connectivity index (χ1n) is 2.62. The monoisotopic (exact) mass is 127 g/mol. The van der Waals surface area contributed by atoms with Crippen LogP contribution in [0.15, 0.2) is 0 Å². The number of urea groups is 1. The summed E-state index contributed by atoms with van der Waals surface area (Å²) in [6, 6.07) is -0.361. The van der Waals surface area contributed by atoms with E-state index in [4.69, 9.17) is 5.26 Å². The standard InChI is InChI=1S/C5H9N3O/c1-3-8(2)5(9)7-4-6/h3H2,1-2H3,(H,7,9). The molecule has 0 aliphatic heterocycles. The Morgan fingerprint density at radius 2 is 2.44 bits per heavy atom. The van der Waals surface area contributed by atoms with Gasteiger partial charge in [0.15, 0.2) is 6.19 Å². The van der Waals surface area contributed by atoms with Crippen LogP contribution in [0.4, 0.5) is 4.79 Å². The van der Waals surface area contributed by atoms with Crippen molar-refractivity contribution in [2.75, 3.05) is 13.6 Å². The Kier molecular flexibility index (Phi) is 3.21. The van der Waals surface area contributed by atoms with Crippen LogP contribution in [0.2, 0.25) is 0 Å². The van der Waals surface area contributed by atoms with Crippen molar-refractivity contribution in [3.63, 3.8) is 0 Å². The van der Waals surface area contributed by atoms with E-state index in [0.29, 0.717) is 6.54 Å². The summed E-state index contributed by atoms with van der Waals surface area (Å²) in [7, 11) is 1.62. The summed E-state index contributed by atoms with van der Waals surface area (Å²) in [6.07, 6.45) is 1.54. The molecule has 2 amide bonds. The van der Waals surface area contributed by atoms with Crippen LogP contribution in [-0.2, 0) is 0 Å². The fourth-order valence-electron chi connectivity index (χ4n) is 0.287.